The number of nitrogens with zero attached hydrogens (tertiary/aromatic N) is 2. The minimum atomic E-state index is -2.56. The molecular formula is C9H11N2O3S-. The second-order valence-corrected chi connectivity index (χ2v) is 4.03. The van der Waals surface area contributed by atoms with Crippen LogP contribution in [-0.4, -0.2) is 20.8 Å². The van der Waals surface area contributed by atoms with Gasteiger partial charge in [-0.25, -0.2) is 14.3 Å². The molecule has 0 spiro atoms. The quantitative estimate of drug-likeness (QED) is 0.569. The molecule has 0 radical (unpaired) electrons. The Morgan fingerprint density at radius 1 is 1.60 bits per heavy atom. The van der Waals surface area contributed by atoms with Crippen molar-refractivity contribution in [3.8, 4) is 0 Å². The van der Waals surface area contributed by atoms with E-state index >= 15 is 0 Å². The largest absolute Gasteiger partial charge is 0.748 e. The highest BCUT2D eigenvalue weighted by Gasteiger charge is 2.25. The lowest BCUT2D eigenvalue weighted by atomic mass is 10.2. The van der Waals surface area contributed by atoms with Gasteiger partial charge < -0.3 is 4.55 Å². The van der Waals surface area contributed by atoms with Gasteiger partial charge in [-0.2, -0.15) is 4.28 Å². The third-order valence-electron chi connectivity index (χ3n) is 2.25. The summed E-state index contributed by atoms with van der Waals surface area (Å²) in [6.07, 6.45) is 2.32. The third kappa shape index (κ3) is 2.74. The number of hydrogen-bond donors (Lipinski definition) is 0. The Labute approximate surface area is 90.5 Å². The van der Waals surface area contributed by atoms with Crippen molar-refractivity contribution in [3.05, 3.63) is 23.9 Å². The molecule has 15 heavy (non-hydrogen) atoms. The zero-order chi connectivity index (χ0) is 10.8. The standard InChI is InChI=1S/C9H12N2O3S/c1-11(14-15(12)13)9-4-2-3-8(10-9)7-5-6-7/h2-4,7H,5-6H2,1H3,(H,12,13)/p-1. The summed E-state index contributed by atoms with van der Waals surface area (Å²) in [6.45, 7) is 0. The van der Waals surface area contributed by atoms with E-state index in [2.05, 4.69) is 9.27 Å². The fourth-order valence-electron chi connectivity index (χ4n) is 1.35. The van der Waals surface area contributed by atoms with Crippen molar-refractivity contribution < 1.29 is 13.0 Å². The van der Waals surface area contributed by atoms with E-state index in [0.29, 0.717) is 11.7 Å². The summed E-state index contributed by atoms with van der Waals surface area (Å²) in [5, 5.41) is 1.13. The molecule has 1 unspecified atom stereocenters. The van der Waals surface area contributed by atoms with Crippen molar-refractivity contribution in [1.82, 2.24) is 4.98 Å². The smallest absolute Gasteiger partial charge is 0.153 e. The van der Waals surface area contributed by atoms with E-state index < -0.39 is 11.4 Å². The molecule has 0 aromatic carbocycles. The van der Waals surface area contributed by atoms with Crippen molar-refractivity contribution in [2.45, 2.75) is 18.8 Å². The average molecular weight is 227 g/mol. The molecule has 1 atom stereocenters. The minimum Gasteiger partial charge on any atom is -0.748 e. The van der Waals surface area contributed by atoms with Crippen LogP contribution in [0.5, 0.6) is 0 Å². The van der Waals surface area contributed by atoms with Crippen LogP contribution in [-0.2, 0) is 15.6 Å². The zero-order valence-corrected chi connectivity index (χ0v) is 9.07. The molecule has 2 rings (SSSR count). The highest BCUT2D eigenvalue weighted by molar-refractivity contribution is 7.74. The van der Waals surface area contributed by atoms with Gasteiger partial charge in [-0.3, -0.25) is 0 Å². The summed E-state index contributed by atoms with van der Waals surface area (Å²) in [7, 11) is 1.51. The first kappa shape index (κ1) is 10.5. The summed E-state index contributed by atoms with van der Waals surface area (Å²) in [6, 6.07) is 5.51. The summed E-state index contributed by atoms with van der Waals surface area (Å²) in [5.41, 5.74) is 1.000. The Hall–Kier alpha value is -0.980. The van der Waals surface area contributed by atoms with Gasteiger partial charge in [-0.05, 0) is 25.0 Å². The van der Waals surface area contributed by atoms with Crippen molar-refractivity contribution in [1.29, 1.82) is 0 Å². The Kier molecular flexibility index (Phi) is 2.99. The SMILES string of the molecule is CN(OS(=O)[O-])c1cccc(C2CC2)n1. The summed E-state index contributed by atoms with van der Waals surface area (Å²) >= 11 is -2.56. The van der Waals surface area contributed by atoms with Crippen molar-refractivity contribution in [2.75, 3.05) is 12.1 Å². The van der Waals surface area contributed by atoms with Gasteiger partial charge in [0.2, 0.25) is 0 Å². The van der Waals surface area contributed by atoms with Crippen molar-refractivity contribution in [3.63, 3.8) is 0 Å². The molecule has 0 amide bonds. The lowest BCUT2D eigenvalue weighted by molar-refractivity contribution is 0.286. The molecule has 82 valence electrons. The molecule has 1 saturated carbocycles. The topological polar surface area (TPSA) is 65.5 Å². The number of pyridine rings is 1. The van der Waals surface area contributed by atoms with E-state index in [4.69, 9.17) is 0 Å². The summed E-state index contributed by atoms with van der Waals surface area (Å²) in [5.74, 6) is 1.04. The van der Waals surface area contributed by atoms with E-state index in [1.54, 1.807) is 6.07 Å². The van der Waals surface area contributed by atoms with Crippen LogP contribution >= 0.6 is 0 Å². The lowest BCUT2D eigenvalue weighted by Gasteiger charge is -2.18. The number of hydroxylamine groups is 1. The van der Waals surface area contributed by atoms with Gasteiger partial charge in [-0.1, -0.05) is 6.07 Å². The molecule has 1 aromatic heterocycles. The van der Waals surface area contributed by atoms with E-state index in [9.17, 15) is 8.76 Å². The first-order chi connectivity index (χ1) is 7.16. The Balaban J connectivity index is 2.12. The maximum Gasteiger partial charge on any atom is 0.153 e. The number of hydrogen-bond acceptors (Lipinski definition) is 5. The molecular weight excluding hydrogens is 216 g/mol. The Bertz CT molecular complexity index is 381. The van der Waals surface area contributed by atoms with E-state index in [1.807, 2.05) is 12.1 Å². The van der Waals surface area contributed by atoms with Crippen LogP contribution in [0.4, 0.5) is 5.82 Å². The Morgan fingerprint density at radius 3 is 2.93 bits per heavy atom. The van der Waals surface area contributed by atoms with Crippen LogP contribution in [0.25, 0.3) is 0 Å². The molecule has 0 saturated heterocycles. The molecule has 0 N–H and O–H groups in total. The molecule has 6 heteroatoms. The molecule has 5 nitrogen and oxygen atoms in total. The second-order valence-electron chi connectivity index (χ2n) is 3.47. The van der Waals surface area contributed by atoms with Crippen LogP contribution in [0.2, 0.25) is 0 Å². The van der Waals surface area contributed by atoms with Gasteiger partial charge in [0.05, 0.1) is 0 Å². The van der Waals surface area contributed by atoms with Crippen molar-refractivity contribution >= 4 is 17.2 Å². The predicted octanol–water partition coefficient (Wildman–Crippen LogP) is 1.12. The van der Waals surface area contributed by atoms with E-state index in [1.165, 1.54) is 7.05 Å². The molecule has 0 aliphatic heterocycles. The van der Waals surface area contributed by atoms with Gasteiger partial charge in [-0.15, -0.1) is 0 Å². The molecule has 1 fully saturated rings. The highest BCUT2D eigenvalue weighted by atomic mass is 32.2. The van der Waals surface area contributed by atoms with Gasteiger partial charge >= 0.3 is 0 Å². The fourth-order valence-corrected chi connectivity index (χ4v) is 1.61. The monoisotopic (exact) mass is 227 g/mol. The van der Waals surface area contributed by atoms with Crippen LogP contribution in [0, 0.1) is 0 Å². The highest BCUT2D eigenvalue weighted by Crippen LogP contribution is 2.39. The molecule has 1 aromatic rings. The molecule has 1 aliphatic rings. The number of anilines is 1. The number of aromatic nitrogens is 1. The predicted molar refractivity (Wildman–Crippen MR) is 54.6 cm³/mol. The van der Waals surface area contributed by atoms with Crippen LogP contribution < -0.4 is 5.06 Å². The van der Waals surface area contributed by atoms with Gasteiger partial charge in [0, 0.05) is 18.7 Å². The average Bonchev–Trinajstić information content (AvgIpc) is 3.00. The van der Waals surface area contributed by atoms with Gasteiger partial charge in [0.25, 0.3) is 0 Å². The normalized spacial score (nSPS) is 17.5. The maximum atomic E-state index is 10.3. The second kappa shape index (κ2) is 4.26. The summed E-state index contributed by atoms with van der Waals surface area (Å²) < 4.78 is 25.1. The van der Waals surface area contributed by atoms with Crippen LogP contribution in [0.3, 0.4) is 0 Å². The van der Waals surface area contributed by atoms with Crippen molar-refractivity contribution in [2.24, 2.45) is 0 Å². The lowest BCUT2D eigenvalue weighted by Crippen LogP contribution is -2.20. The van der Waals surface area contributed by atoms with Gasteiger partial charge in [0.15, 0.2) is 5.82 Å². The van der Waals surface area contributed by atoms with Crippen LogP contribution in [0.15, 0.2) is 18.2 Å². The zero-order valence-electron chi connectivity index (χ0n) is 8.25. The van der Waals surface area contributed by atoms with E-state index in [-0.39, 0.29) is 0 Å². The minimum absolute atomic E-state index is 0.503. The first-order valence-corrected chi connectivity index (χ1v) is 5.65. The molecule has 1 aliphatic carbocycles. The van der Waals surface area contributed by atoms with E-state index in [0.717, 1.165) is 23.6 Å². The first-order valence-electron chi connectivity index (χ1n) is 4.65. The summed E-state index contributed by atoms with van der Waals surface area (Å²) in [4.78, 5) is 4.32. The fraction of sp³-hybridized carbons (Fsp3) is 0.444. The van der Waals surface area contributed by atoms with Gasteiger partial charge in [0.1, 0.15) is 11.4 Å². The molecule has 1 heterocycles. The van der Waals surface area contributed by atoms with Crippen LogP contribution in [0.1, 0.15) is 24.5 Å². The maximum absolute atomic E-state index is 10.3. The molecule has 0 bridgehead atoms. The Morgan fingerprint density at radius 2 is 2.33 bits per heavy atom. The number of rotatable bonds is 4. The third-order valence-corrected chi connectivity index (χ3v) is 2.59.